The first-order chi connectivity index (χ1) is 12.2. The molecule has 0 aromatic rings. The predicted molar refractivity (Wildman–Crippen MR) is 120 cm³/mol. The second-order valence-corrected chi connectivity index (χ2v) is 9.23. The molecule has 152 valence electrons. The van der Waals surface area contributed by atoms with Crippen LogP contribution in [0.4, 0.5) is 0 Å². The van der Waals surface area contributed by atoms with Crippen LogP contribution < -0.4 is 10.6 Å². The van der Waals surface area contributed by atoms with Crippen LogP contribution >= 0.6 is 35.7 Å². The van der Waals surface area contributed by atoms with Gasteiger partial charge < -0.3 is 20.1 Å². The molecule has 3 heterocycles. The minimum Gasteiger partial charge on any atom is -0.381 e. The van der Waals surface area contributed by atoms with Crippen LogP contribution in [0.15, 0.2) is 4.99 Å². The molecule has 0 amide bonds. The van der Waals surface area contributed by atoms with Crippen molar-refractivity contribution in [3.05, 3.63) is 0 Å². The Hall–Kier alpha value is 0.230. The molecule has 3 atom stereocenters. The highest BCUT2D eigenvalue weighted by molar-refractivity contribution is 14.0. The summed E-state index contributed by atoms with van der Waals surface area (Å²) < 4.78 is 11.5. The minimum absolute atomic E-state index is 0. The van der Waals surface area contributed by atoms with E-state index >= 15 is 0 Å². The fraction of sp³-hybridized carbons (Fsp3) is 0.944. The monoisotopic (exact) mass is 498 g/mol. The van der Waals surface area contributed by atoms with Crippen molar-refractivity contribution in [2.75, 3.05) is 65.4 Å². The number of thioether (sulfide) groups is 1. The molecule has 0 radical (unpaired) electrons. The number of aliphatic imine (C=N–C) groups is 1. The lowest BCUT2D eigenvalue weighted by molar-refractivity contribution is 0.00246. The molecule has 2 N–H and O–H groups in total. The molecule has 3 fully saturated rings. The normalized spacial score (nSPS) is 31.5. The topological polar surface area (TPSA) is 58.1 Å². The molecule has 6 nitrogen and oxygen atoms in total. The van der Waals surface area contributed by atoms with Crippen LogP contribution in [0.5, 0.6) is 0 Å². The Bertz CT molecular complexity index is 437. The van der Waals surface area contributed by atoms with Crippen molar-refractivity contribution in [3.63, 3.8) is 0 Å². The highest BCUT2D eigenvalue weighted by Crippen LogP contribution is 2.36. The number of halogens is 1. The Balaban J connectivity index is 0.00000243. The zero-order chi connectivity index (χ0) is 17.5. The lowest BCUT2D eigenvalue weighted by Crippen LogP contribution is -2.54. The van der Waals surface area contributed by atoms with E-state index in [4.69, 9.17) is 9.47 Å². The molecule has 3 aliphatic heterocycles. The van der Waals surface area contributed by atoms with Gasteiger partial charge in [0.05, 0.1) is 19.8 Å². The van der Waals surface area contributed by atoms with Crippen molar-refractivity contribution in [2.24, 2.45) is 10.9 Å². The van der Waals surface area contributed by atoms with Gasteiger partial charge in [0, 0.05) is 56.5 Å². The van der Waals surface area contributed by atoms with Crippen molar-refractivity contribution in [2.45, 2.75) is 37.0 Å². The third kappa shape index (κ3) is 6.39. The molecule has 0 aromatic heterocycles. The van der Waals surface area contributed by atoms with Crippen molar-refractivity contribution < 1.29 is 9.47 Å². The van der Waals surface area contributed by atoms with E-state index in [1.807, 2.05) is 7.05 Å². The van der Waals surface area contributed by atoms with Crippen LogP contribution in [0.25, 0.3) is 0 Å². The first-order valence-electron chi connectivity index (χ1n) is 9.68. The van der Waals surface area contributed by atoms with E-state index in [9.17, 15) is 0 Å². The van der Waals surface area contributed by atoms with Gasteiger partial charge in [0.25, 0.3) is 0 Å². The van der Waals surface area contributed by atoms with Gasteiger partial charge in [-0.1, -0.05) is 0 Å². The van der Waals surface area contributed by atoms with Crippen LogP contribution in [0, 0.1) is 5.92 Å². The number of nitrogens with zero attached hydrogens (tertiary/aromatic N) is 2. The maximum atomic E-state index is 5.66. The number of hydrogen-bond acceptors (Lipinski definition) is 5. The standard InChI is InChI=1S/C18H34N4O2S.HI/c1-18(5-3-11-25-18)14-21-17(19-2)20-12-16(15-4-8-24-13-15)22-6-9-23-10-7-22;/h15-16H,3-14H2,1-2H3,(H2,19,20,21);1H. The van der Waals surface area contributed by atoms with Crippen molar-refractivity contribution in [1.82, 2.24) is 15.5 Å². The molecule has 0 spiro atoms. The van der Waals surface area contributed by atoms with E-state index in [1.165, 1.54) is 18.6 Å². The van der Waals surface area contributed by atoms with Crippen molar-refractivity contribution in [1.29, 1.82) is 0 Å². The lowest BCUT2D eigenvalue weighted by atomic mass is 9.97. The Morgan fingerprint density at radius 3 is 2.69 bits per heavy atom. The van der Waals surface area contributed by atoms with E-state index < -0.39 is 0 Å². The summed E-state index contributed by atoms with van der Waals surface area (Å²) in [5, 5.41) is 7.12. The number of ether oxygens (including phenoxy) is 2. The lowest BCUT2D eigenvalue weighted by Gasteiger charge is -2.37. The van der Waals surface area contributed by atoms with E-state index in [1.54, 1.807) is 0 Å². The Morgan fingerprint density at radius 1 is 1.27 bits per heavy atom. The zero-order valence-electron chi connectivity index (χ0n) is 16.2. The first kappa shape index (κ1) is 22.5. The predicted octanol–water partition coefficient (Wildman–Crippen LogP) is 1.79. The summed E-state index contributed by atoms with van der Waals surface area (Å²) in [6, 6.07) is 0.487. The molecule has 0 bridgehead atoms. The van der Waals surface area contributed by atoms with E-state index in [2.05, 4.69) is 39.2 Å². The quantitative estimate of drug-likeness (QED) is 0.331. The molecule has 26 heavy (non-hydrogen) atoms. The molecule has 0 aromatic carbocycles. The van der Waals surface area contributed by atoms with Gasteiger partial charge in [-0.05, 0) is 31.9 Å². The zero-order valence-corrected chi connectivity index (χ0v) is 19.3. The number of nitrogens with one attached hydrogen (secondary N) is 2. The van der Waals surface area contributed by atoms with Crippen LogP contribution in [-0.2, 0) is 9.47 Å². The fourth-order valence-electron chi connectivity index (χ4n) is 4.03. The van der Waals surface area contributed by atoms with Gasteiger partial charge >= 0.3 is 0 Å². The summed E-state index contributed by atoms with van der Waals surface area (Å²) in [5.41, 5.74) is 0. The summed E-state index contributed by atoms with van der Waals surface area (Å²) >= 11 is 2.08. The Morgan fingerprint density at radius 2 is 2.08 bits per heavy atom. The SMILES string of the molecule is CN=C(NCC(C1CCOC1)N1CCOCC1)NCC1(C)CCCS1.I. The average molecular weight is 498 g/mol. The molecular formula is C18H35IN4O2S. The molecule has 3 unspecified atom stereocenters. The molecule has 0 saturated carbocycles. The number of rotatable bonds is 6. The maximum Gasteiger partial charge on any atom is 0.191 e. The maximum absolute atomic E-state index is 5.66. The number of morpholine rings is 1. The average Bonchev–Trinajstić information content (AvgIpc) is 3.31. The van der Waals surface area contributed by atoms with E-state index in [0.717, 1.165) is 65.0 Å². The summed E-state index contributed by atoms with van der Waals surface area (Å²) in [5.74, 6) is 2.81. The van der Waals surface area contributed by atoms with Crippen LogP contribution in [0.2, 0.25) is 0 Å². The molecule has 3 rings (SSSR count). The van der Waals surface area contributed by atoms with Crippen LogP contribution in [-0.4, -0.2) is 87.1 Å². The van der Waals surface area contributed by atoms with Gasteiger partial charge in [-0.3, -0.25) is 9.89 Å². The summed E-state index contributed by atoms with van der Waals surface area (Å²) in [6.07, 6.45) is 3.78. The first-order valence-corrected chi connectivity index (χ1v) is 10.7. The summed E-state index contributed by atoms with van der Waals surface area (Å²) in [7, 11) is 1.86. The largest absolute Gasteiger partial charge is 0.381 e. The third-order valence-corrected chi connectivity index (χ3v) is 7.19. The summed E-state index contributed by atoms with van der Waals surface area (Å²) in [6.45, 7) is 9.74. The minimum atomic E-state index is 0. The fourth-order valence-corrected chi connectivity index (χ4v) is 5.27. The van der Waals surface area contributed by atoms with Gasteiger partial charge in [-0.25, -0.2) is 0 Å². The van der Waals surface area contributed by atoms with Crippen LogP contribution in [0.3, 0.4) is 0 Å². The number of hydrogen-bond donors (Lipinski definition) is 2. The highest BCUT2D eigenvalue weighted by atomic mass is 127. The van der Waals surface area contributed by atoms with E-state index in [-0.39, 0.29) is 24.0 Å². The van der Waals surface area contributed by atoms with Crippen molar-refractivity contribution in [3.8, 4) is 0 Å². The second kappa shape index (κ2) is 11.3. The van der Waals surface area contributed by atoms with Gasteiger partial charge in [-0.15, -0.1) is 24.0 Å². The molecule has 8 heteroatoms. The smallest absolute Gasteiger partial charge is 0.191 e. The molecular weight excluding hydrogens is 463 g/mol. The van der Waals surface area contributed by atoms with Gasteiger partial charge in [0.2, 0.25) is 0 Å². The molecule has 3 aliphatic rings. The molecule has 0 aliphatic carbocycles. The van der Waals surface area contributed by atoms with Gasteiger partial charge in [0.1, 0.15) is 0 Å². The van der Waals surface area contributed by atoms with Crippen LogP contribution in [0.1, 0.15) is 26.2 Å². The second-order valence-electron chi connectivity index (χ2n) is 7.55. The van der Waals surface area contributed by atoms with Gasteiger partial charge in [-0.2, -0.15) is 11.8 Å². The summed E-state index contributed by atoms with van der Waals surface area (Å²) in [4.78, 5) is 7.00. The Labute approximate surface area is 179 Å². The van der Waals surface area contributed by atoms with Crippen molar-refractivity contribution >= 4 is 41.7 Å². The molecule has 3 saturated heterocycles. The van der Waals surface area contributed by atoms with Gasteiger partial charge in [0.15, 0.2) is 5.96 Å². The number of guanidine groups is 1. The third-order valence-electron chi connectivity index (χ3n) is 5.66. The Kier molecular flexibility index (Phi) is 9.77. The highest BCUT2D eigenvalue weighted by Gasteiger charge is 2.32. The van der Waals surface area contributed by atoms with E-state index in [0.29, 0.717) is 16.7 Å².